The minimum absolute atomic E-state index is 0.468. The molecule has 2 aromatic rings. The number of nitrogens with zero attached hydrogens (tertiary/aromatic N) is 4. The van der Waals surface area contributed by atoms with Crippen molar-refractivity contribution in [2.24, 2.45) is 0 Å². The van der Waals surface area contributed by atoms with Gasteiger partial charge in [-0.1, -0.05) is 6.92 Å². The number of nitrogens with two attached hydrogens (primary N) is 2. The summed E-state index contributed by atoms with van der Waals surface area (Å²) in [6.45, 7) is 4.82. The predicted molar refractivity (Wildman–Crippen MR) is 63.0 cm³/mol. The Hall–Kier alpha value is -1.98. The lowest BCUT2D eigenvalue weighted by molar-refractivity contribution is 0.683. The second kappa shape index (κ2) is 3.88. The van der Waals surface area contributed by atoms with Crippen molar-refractivity contribution in [3.05, 3.63) is 18.3 Å². The average molecular weight is 220 g/mol. The third kappa shape index (κ3) is 1.52. The van der Waals surface area contributed by atoms with E-state index in [0.717, 1.165) is 18.7 Å². The molecule has 0 amide bonds. The first kappa shape index (κ1) is 10.5. The highest BCUT2D eigenvalue weighted by Crippen LogP contribution is 2.24. The van der Waals surface area contributed by atoms with Gasteiger partial charge in [0, 0.05) is 6.54 Å². The van der Waals surface area contributed by atoms with Gasteiger partial charge in [0.05, 0.1) is 18.2 Å². The quantitative estimate of drug-likeness (QED) is 0.747. The van der Waals surface area contributed by atoms with Crippen molar-refractivity contribution in [1.29, 1.82) is 0 Å². The van der Waals surface area contributed by atoms with Gasteiger partial charge < -0.3 is 16.1 Å². The fourth-order valence-corrected chi connectivity index (χ4v) is 1.69. The molecule has 0 radical (unpaired) electrons. The summed E-state index contributed by atoms with van der Waals surface area (Å²) >= 11 is 0. The van der Waals surface area contributed by atoms with Crippen LogP contribution < -0.4 is 11.6 Å². The third-order valence-corrected chi connectivity index (χ3v) is 2.54. The third-order valence-electron chi connectivity index (χ3n) is 2.54. The van der Waals surface area contributed by atoms with E-state index in [-0.39, 0.29) is 0 Å². The zero-order chi connectivity index (χ0) is 11.7. The van der Waals surface area contributed by atoms with Gasteiger partial charge in [-0.25, -0.2) is 14.6 Å². The maximum Gasteiger partial charge on any atom is 0.152 e. The normalized spacial score (nSPS) is 10.9. The van der Waals surface area contributed by atoms with Crippen LogP contribution in [0.2, 0.25) is 0 Å². The first-order chi connectivity index (χ1) is 7.65. The molecule has 0 fully saturated rings. The summed E-state index contributed by atoms with van der Waals surface area (Å²) in [5.74, 6) is 6.89. The second-order valence-electron chi connectivity index (χ2n) is 3.74. The van der Waals surface area contributed by atoms with E-state index in [1.165, 1.54) is 4.68 Å². The van der Waals surface area contributed by atoms with Crippen molar-refractivity contribution in [3.8, 4) is 11.4 Å². The number of nitrogen functional groups attached to an aromatic ring is 2. The molecule has 0 saturated carbocycles. The molecule has 0 aromatic carbocycles. The topological polar surface area (TPSA) is 87.7 Å². The molecule has 0 spiro atoms. The molecule has 86 valence electrons. The Morgan fingerprint density at radius 1 is 1.44 bits per heavy atom. The van der Waals surface area contributed by atoms with E-state index in [0.29, 0.717) is 17.3 Å². The lowest BCUT2D eigenvalue weighted by Crippen LogP contribution is -2.13. The number of rotatable bonds is 3. The molecule has 0 atom stereocenters. The number of hydrogen-bond acceptors (Lipinski definition) is 4. The largest absolute Gasteiger partial charge is 0.382 e. The summed E-state index contributed by atoms with van der Waals surface area (Å²) in [6.07, 6.45) is 4.57. The van der Waals surface area contributed by atoms with E-state index < -0.39 is 0 Å². The van der Waals surface area contributed by atoms with Gasteiger partial charge in [-0.2, -0.15) is 0 Å². The van der Waals surface area contributed by atoms with Gasteiger partial charge in [-0.05, 0) is 13.3 Å². The fraction of sp³-hybridized carbons (Fsp3) is 0.400. The summed E-state index contributed by atoms with van der Waals surface area (Å²) in [7, 11) is 0. The van der Waals surface area contributed by atoms with Gasteiger partial charge in [-0.3, -0.25) is 0 Å². The zero-order valence-electron chi connectivity index (χ0n) is 9.51. The smallest absolute Gasteiger partial charge is 0.152 e. The van der Waals surface area contributed by atoms with Gasteiger partial charge in [0.15, 0.2) is 5.82 Å². The van der Waals surface area contributed by atoms with Gasteiger partial charge in [0.25, 0.3) is 0 Å². The summed E-state index contributed by atoms with van der Waals surface area (Å²) in [5.41, 5.74) is 7.50. The van der Waals surface area contributed by atoms with E-state index in [1.54, 1.807) is 12.5 Å². The minimum atomic E-state index is 0.468. The monoisotopic (exact) mass is 220 g/mol. The molecule has 0 aliphatic heterocycles. The Morgan fingerprint density at radius 2 is 2.19 bits per heavy atom. The molecule has 16 heavy (non-hydrogen) atoms. The van der Waals surface area contributed by atoms with Crippen LogP contribution in [-0.4, -0.2) is 19.2 Å². The SMILES string of the molecule is CCCn1cncc1-c1nc(C)n(N)c1N. The molecule has 2 heterocycles. The van der Waals surface area contributed by atoms with Crippen LogP contribution in [0, 0.1) is 6.92 Å². The molecule has 2 aromatic heterocycles. The Morgan fingerprint density at radius 3 is 2.75 bits per heavy atom. The number of anilines is 1. The summed E-state index contributed by atoms with van der Waals surface area (Å²) < 4.78 is 3.41. The Kier molecular flexibility index (Phi) is 2.55. The van der Waals surface area contributed by atoms with Crippen molar-refractivity contribution in [3.63, 3.8) is 0 Å². The van der Waals surface area contributed by atoms with Crippen LogP contribution in [0.25, 0.3) is 11.4 Å². The zero-order valence-corrected chi connectivity index (χ0v) is 9.51. The van der Waals surface area contributed by atoms with Crippen LogP contribution in [0.4, 0.5) is 5.82 Å². The van der Waals surface area contributed by atoms with E-state index in [2.05, 4.69) is 16.9 Å². The summed E-state index contributed by atoms with van der Waals surface area (Å²) in [4.78, 5) is 8.46. The number of imidazole rings is 2. The Bertz CT molecular complexity index is 495. The van der Waals surface area contributed by atoms with Crippen LogP contribution in [0.1, 0.15) is 19.2 Å². The van der Waals surface area contributed by atoms with E-state index in [1.807, 2.05) is 11.5 Å². The van der Waals surface area contributed by atoms with Crippen molar-refractivity contribution < 1.29 is 0 Å². The van der Waals surface area contributed by atoms with Gasteiger partial charge in [0.1, 0.15) is 11.5 Å². The lowest BCUT2D eigenvalue weighted by atomic mass is 10.3. The van der Waals surface area contributed by atoms with Crippen molar-refractivity contribution in [1.82, 2.24) is 19.2 Å². The van der Waals surface area contributed by atoms with E-state index in [9.17, 15) is 0 Å². The summed E-state index contributed by atoms with van der Waals surface area (Å²) in [6, 6.07) is 0. The molecule has 0 bridgehead atoms. The molecule has 0 unspecified atom stereocenters. The van der Waals surface area contributed by atoms with Crippen LogP contribution >= 0.6 is 0 Å². The van der Waals surface area contributed by atoms with Crippen LogP contribution in [0.15, 0.2) is 12.5 Å². The molecule has 2 rings (SSSR count). The standard InChI is InChI=1S/C10H16N6/c1-3-4-15-6-13-5-8(15)9-10(11)16(12)7(2)14-9/h5-6H,3-4,11-12H2,1-2H3. The number of aromatic nitrogens is 4. The number of hydrogen-bond donors (Lipinski definition) is 2. The molecule has 0 saturated heterocycles. The first-order valence-electron chi connectivity index (χ1n) is 5.25. The average Bonchev–Trinajstić information content (AvgIpc) is 2.80. The van der Waals surface area contributed by atoms with Crippen LogP contribution in [0.5, 0.6) is 0 Å². The molecule has 6 nitrogen and oxygen atoms in total. The van der Waals surface area contributed by atoms with Crippen molar-refractivity contribution in [2.75, 3.05) is 11.6 Å². The van der Waals surface area contributed by atoms with Crippen LogP contribution in [-0.2, 0) is 6.54 Å². The fourth-order valence-electron chi connectivity index (χ4n) is 1.69. The second-order valence-corrected chi connectivity index (χ2v) is 3.74. The van der Waals surface area contributed by atoms with Crippen molar-refractivity contribution >= 4 is 5.82 Å². The van der Waals surface area contributed by atoms with Gasteiger partial charge in [-0.15, -0.1) is 0 Å². The Labute approximate surface area is 93.9 Å². The highest BCUT2D eigenvalue weighted by Gasteiger charge is 2.15. The van der Waals surface area contributed by atoms with E-state index >= 15 is 0 Å². The minimum Gasteiger partial charge on any atom is -0.382 e. The summed E-state index contributed by atoms with van der Waals surface area (Å²) in [5, 5.41) is 0. The highest BCUT2D eigenvalue weighted by molar-refractivity contribution is 5.67. The van der Waals surface area contributed by atoms with Crippen molar-refractivity contribution in [2.45, 2.75) is 26.8 Å². The molecule has 6 heteroatoms. The molecular weight excluding hydrogens is 204 g/mol. The predicted octanol–water partition coefficient (Wildman–Crippen LogP) is 0.761. The number of aryl methyl sites for hydroxylation is 2. The maximum atomic E-state index is 5.89. The molecule has 4 N–H and O–H groups in total. The Balaban J connectivity index is 2.50. The van der Waals surface area contributed by atoms with E-state index in [4.69, 9.17) is 11.6 Å². The maximum absolute atomic E-state index is 5.89. The first-order valence-corrected chi connectivity index (χ1v) is 5.25. The molecule has 0 aliphatic rings. The van der Waals surface area contributed by atoms with Crippen LogP contribution in [0.3, 0.4) is 0 Å². The van der Waals surface area contributed by atoms with Gasteiger partial charge in [0.2, 0.25) is 0 Å². The lowest BCUT2D eigenvalue weighted by Gasteiger charge is -2.04. The molecule has 0 aliphatic carbocycles. The van der Waals surface area contributed by atoms with Gasteiger partial charge >= 0.3 is 0 Å². The highest BCUT2D eigenvalue weighted by atomic mass is 15.4. The molecular formula is C10H16N6.